The van der Waals surface area contributed by atoms with Crippen LogP contribution in [0.1, 0.15) is 47.3 Å². The van der Waals surface area contributed by atoms with Crippen LogP contribution in [-0.4, -0.2) is 71.5 Å². The highest BCUT2D eigenvalue weighted by Gasteiger charge is 2.25. The van der Waals surface area contributed by atoms with Gasteiger partial charge in [-0.25, -0.2) is 9.69 Å². The zero-order valence-corrected chi connectivity index (χ0v) is 23.7. The molecule has 1 amide bonds. The van der Waals surface area contributed by atoms with Crippen molar-refractivity contribution in [1.29, 1.82) is 0 Å². The van der Waals surface area contributed by atoms with Gasteiger partial charge in [-0.15, -0.1) is 0 Å². The number of benzene rings is 2. The molecule has 7 nitrogen and oxygen atoms in total. The lowest BCUT2D eigenvalue weighted by Crippen LogP contribution is -2.45. The molecule has 3 aromatic rings. The van der Waals surface area contributed by atoms with E-state index in [1.54, 1.807) is 16.8 Å². The van der Waals surface area contributed by atoms with Crippen molar-refractivity contribution < 1.29 is 9.53 Å². The van der Waals surface area contributed by atoms with Crippen LogP contribution in [0.25, 0.3) is 16.9 Å². The number of hydrogen-bond acceptors (Lipinski definition) is 5. The molecule has 0 atom stereocenters. The van der Waals surface area contributed by atoms with Crippen LogP contribution in [0.4, 0.5) is 0 Å². The molecule has 2 aromatic carbocycles. The van der Waals surface area contributed by atoms with Crippen molar-refractivity contribution in [3.8, 4) is 28.8 Å². The standard InChI is InChI=1S/C30H33Cl2N5O2/c1-22-28(30(38)34-36-15-4-2-5-16-36)33-37(27-13-12-25(31)21-26(27)32)29(22)24-10-8-23(9-11-24)7-3-6-14-35-17-19-39-20-18-35/h8-13,21H,2,4-6,14-20H2,1H3,(H,34,38). The maximum absolute atomic E-state index is 13.3. The summed E-state index contributed by atoms with van der Waals surface area (Å²) >= 11 is 12.8. The van der Waals surface area contributed by atoms with Gasteiger partial charge in [0, 0.05) is 60.9 Å². The topological polar surface area (TPSA) is 62.6 Å². The summed E-state index contributed by atoms with van der Waals surface area (Å²) in [5, 5.41) is 7.72. The van der Waals surface area contributed by atoms with Gasteiger partial charge in [0.05, 0.1) is 29.6 Å². The molecule has 0 radical (unpaired) electrons. The highest BCUT2D eigenvalue weighted by atomic mass is 35.5. The van der Waals surface area contributed by atoms with Crippen molar-refractivity contribution in [2.45, 2.75) is 32.6 Å². The number of hydrazine groups is 1. The van der Waals surface area contributed by atoms with Crippen molar-refractivity contribution >= 4 is 29.1 Å². The van der Waals surface area contributed by atoms with Crippen LogP contribution in [0.2, 0.25) is 10.0 Å². The predicted octanol–water partition coefficient (Wildman–Crippen LogP) is 5.36. The van der Waals surface area contributed by atoms with Gasteiger partial charge in [-0.2, -0.15) is 5.10 Å². The number of amides is 1. The number of hydrogen-bond donors (Lipinski definition) is 1. The van der Waals surface area contributed by atoms with E-state index >= 15 is 0 Å². The number of carbonyl (C=O) groups is 1. The van der Waals surface area contributed by atoms with Crippen molar-refractivity contribution in [2.75, 3.05) is 45.9 Å². The van der Waals surface area contributed by atoms with E-state index in [1.165, 1.54) is 6.42 Å². The van der Waals surface area contributed by atoms with Gasteiger partial charge < -0.3 is 4.74 Å². The molecular weight excluding hydrogens is 533 g/mol. The van der Waals surface area contributed by atoms with Gasteiger partial charge in [-0.3, -0.25) is 15.1 Å². The van der Waals surface area contributed by atoms with Crippen molar-refractivity contribution in [2.24, 2.45) is 0 Å². The number of nitrogens with one attached hydrogen (secondary N) is 1. The minimum atomic E-state index is -0.220. The number of halogens is 2. The van der Waals surface area contributed by atoms with Crippen LogP contribution in [0.5, 0.6) is 0 Å². The summed E-state index contributed by atoms with van der Waals surface area (Å²) in [6.45, 7) is 8.11. The highest BCUT2D eigenvalue weighted by Crippen LogP contribution is 2.33. The Morgan fingerprint density at radius 3 is 2.49 bits per heavy atom. The normalized spacial score (nSPS) is 16.5. The molecule has 0 spiro atoms. The van der Waals surface area contributed by atoms with Crippen LogP contribution in [0, 0.1) is 18.8 Å². The Morgan fingerprint density at radius 1 is 1.03 bits per heavy atom. The molecule has 2 aliphatic rings. The number of morpholine rings is 1. The van der Waals surface area contributed by atoms with E-state index in [2.05, 4.69) is 22.2 Å². The Kier molecular flexibility index (Phi) is 9.23. The molecule has 9 heteroatoms. The molecule has 2 aliphatic heterocycles. The number of ether oxygens (including phenoxy) is 1. The number of carbonyl (C=O) groups excluding carboxylic acids is 1. The van der Waals surface area contributed by atoms with Gasteiger partial charge in [0.25, 0.3) is 5.91 Å². The van der Waals surface area contributed by atoms with E-state index < -0.39 is 0 Å². The van der Waals surface area contributed by atoms with Crippen LogP contribution in [0.3, 0.4) is 0 Å². The molecule has 1 N–H and O–H groups in total. The molecule has 1 aromatic heterocycles. The van der Waals surface area contributed by atoms with Gasteiger partial charge in [0.2, 0.25) is 0 Å². The maximum Gasteiger partial charge on any atom is 0.286 e. The number of aromatic nitrogens is 2. The second kappa shape index (κ2) is 13.0. The second-order valence-electron chi connectivity index (χ2n) is 9.90. The Balaban J connectivity index is 1.41. The largest absolute Gasteiger partial charge is 0.379 e. The first-order chi connectivity index (χ1) is 19.0. The lowest BCUT2D eigenvalue weighted by atomic mass is 10.0. The summed E-state index contributed by atoms with van der Waals surface area (Å²) in [6.07, 6.45) is 4.15. The molecule has 5 rings (SSSR count). The number of piperidine rings is 1. The van der Waals surface area contributed by atoms with E-state index in [0.717, 1.165) is 87.6 Å². The average molecular weight is 567 g/mol. The Bertz CT molecular complexity index is 1360. The first-order valence-corrected chi connectivity index (χ1v) is 14.3. The average Bonchev–Trinajstić information content (AvgIpc) is 3.29. The zero-order valence-electron chi connectivity index (χ0n) is 22.2. The molecule has 39 heavy (non-hydrogen) atoms. The van der Waals surface area contributed by atoms with Crippen molar-refractivity contribution in [3.05, 3.63) is 69.3 Å². The van der Waals surface area contributed by atoms with Gasteiger partial charge in [-0.05, 0) is 50.1 Å². The van der Waals surface area contributed by atoms with Crippen LogP contribution < -0.4 is 5.43 Å². The Hall–Kier alpha value is -2.86. The fourth-order valence-corrected chi connectivity index (χ4v) is 5.48. The number of nitrogens with zero attached hydrogens (tertiary/aromatic N) is 4. The molecule has 0 aliphatic carbocycles. The lowest BCUT2D eigenvalue weighted by molar-refractivity contribution is 0.0390. The molecular formula is C30H33Cl2N5O2. The van der Waals surface area contributed by atoms with E-state index in [0.29, 0.717) is 21.4 Å². The Labute approximate surface area is 240 Å². The third kappa shape index (κ3) is 6.84. The molecule has 0 bridgehead atoms. The summed E-state index contributed by atoms with van der Waals surface area (Å²) in [7, 11) is 0. The third-order valence-corrected chi connectivity index (χ3v) is 7.68. The van der Waals surface area contributed by atoms with Gasteiger partial charge in [0.15, 0.2) is 5.69 Å². The maximum atomic E-state index is 13.3. The van der Waals surface area contributed by atoms with Crippen LogP contribution in [-0.2, 0) is 4.74 Å². The lowest BCUT2D eigenvalue weighted by Gasteiger charge is -2.26. The highest BCUT2D eigenvalue weighted by molar-refractivity contribution is 6.35. The van der Waals surface area contributed by atoms with E-state index in [9.17, 15) is 4.79 Å². The molecule has 2 saturated heterocycles. The summed E-state index contributed by atoms with van der Waals surface area (Å²) in [5.41, 5.74) is 7.50. The van der Waals surface area contributed by atoms with E-state index in [-0.39, 0.29) is 5.91 Å². The fourth-order valence-electron chi connectivity index (χ4n) is 4.99. The first kappa shape index (κ1) is 27.7. The van der Waals surface area contributed by atoms with Crippen molar-refractivity contribution in [1.82, 2.24) is 25.1 Å². The SMILES string of the molecule is Cc1c(C(=O)NN2CCCCC2)nn(-c2ccc(Cl)cc2Cl)c1-c1ccc(C#CCCN2CCOCC2)cc1. The fraction of sp³-hybridized carbons (Fsp3) is 0.400. The second-order valence-corrected chi connectivity index (χ2v) is 10.7. The van der Waals surface area contributed by atoms with E-state index in [4.69, 9.17) is 33.0 Å². The third-order valence-electron chi connectivity index (χ3n) is 7.14. The monoisotopic (exact) mass is 565 g/mol. The van der Waals surface area contributed by atoms with Crippen molar-refractivity contribution in [3.63, 3.8) is 0 Å². The smallest absolute Gasteiger partial charge is 0.286 e. The van der Waals surface area contributed by atoms with E-state index in [1.807, 2.05) is 42.3 Å². The molecule has 3 heterocycles. The minimum absolute atomic E-state index is 0.220. The van der Waals surface area contributed by atoms with Gasteiger partial charge >= 0.3 is 0 Å². The number of rotatable bonds is 6. The summed E-state index contributed by atoms with van der Waals surface area (Å²) in [4.78, 5) is 15.7. The quantitative estimate of drug-likeness (QED) is 0.408. The molecule has 0 saturated carbocycles. The Morgan fingerprint density at radius 2 is 1.77 bits per heavy atom. The molecule has 0 unspecified atom stereocenters. The summed E-state index contributed by atoms with van der Waals surface area (Å²) < 4.78 is 7.15. The summed E-state index contributed by atoms with van der Waals surface area (Å²) in [6, 6.07) is 13.3. The zero-order chi connectivity index (χ0) is 27.2. The predicted molar refractivity (Wildman–Crippen MR) is 155 cm³/mol. The van der Waals surface area contributed by atoms with Gasteiger partial charge in [-0.1, -0.05) is 53.6 Å². The first-order valence-electron chi connectivity index (χ1n) is 13.5. The van der Waals surface area contributed by atoms with Crippen LogP contribution >= 0.6 is 23.2 Å². The minimum Gasteiger partial charge on any atom is -0.379 e. The summed E-state index contributed by atoms with van der Waals surface area (Å²) in [5.74, 6) is 6.34. The van der Waals surface area contributed by atoms with Crippen LogP contribution in [0.15, 0.2) is 42.5 Å². The van der Waals surface area contributed by atoms with Gasteiger partial charge in [0.1, 0.15) is 0 Å². The molecule has 2 fully saturated rings. The molecule has 204 valence electrons.